The van der Waals surface area contributed by atoms with Gasteiger partial charge in [-0.3, -0.25) is 0 Å². The van der Waals surface area contributed by atoms with Crippen molar-refractivity contribution < 1.29 is 0 Å². The van der Waals surface area contributed by atoms with Gasteiger partial charge in [0.2, 0.25) is 0 Å². The Morgan fingerprint density at radius 3 is 1.39 bits per heavy atom. The Balaban J connectivity index is 2.61. The van der Waals surface area contributed by atoms with Crippen LogP contribution >= 0.6 is 63.7 Å². The Hall–Kier alpha value is 0.360. The molecule has 2 aromatic carbocycles. The van der Waals surface area contributed by atoms with Crippen LogP contribution in [-0.4, -0.2) is 0 Å². The first-order chi connectivity index (χ1) is 8.65. The molecule has 0 aliphatic carbocycles. The van der Waals surface area contributed by atoms with Crippen LogP contribution in [0.5, 0.6) is 0 Å². The first kappa shape index (κ1) is 14.8. The average Bonchev–Trinajstić information content (AvgIpc) is 2.38. The van der Waals surface area contributed by atoms with Crippen LogP contribution in [0.4, 0.5) is 0 Å². The maximum atomic E-state index is 3.56. The lowest BCUT2D eigenvalue weighted by atomic mass is 9.97. The molecule has 0 N–H and O–H groups in total. The van der Waals surface area contributed by atoms with Crippen LogP contribution in [-0.2, 0) is 10.7 Å². The number of hydrogen-bond donors (Lipinski definition) is 0. The highest BCUT2D eigenvalue weighted by Gasteiger charge is 2.09. The standard InChI is InChI=1S/C14H10Br4/c15-7-9-5-11(17)1-3-13(9)14-4-2-12(18)6-10(14)8-16/h1-6H,7-8H2. The molecule has 0 saturated carbocycles. The fourth-order valence-electron chi connectivity index (χ4n) is 1.87. The molecule has 0 nitrogen and oxygen atoms in total. The number of benzene rings is 2. The normalized spacial score (nSPS) is 10.7. The van der Waals surface area contributed by atoms with E-state index in [-0.39, 0.29) is 0 Å². The first-order valence-corrected chi connectivity index (χ1v) is 9.17. The van der Waals surface area contributed by atoms with Crippen molar-refractivity contribution in [3.05, 3.63) is 56.5 Å². The van der Waals surface area contributed by atoms with E-state index < -0.39 is 0 Å². The summed E-state index contributed by atoms with van der Waals surface area (Å²) in [5, 5.41) is 1.69. The second-order valence-electron chi connectivity index (χ2n) is 3.87. The van der Waals surface area contributed by atoms with Crippen molar-refractivity contribution >= 4 is 63.7 Å². The second-order valence-corrected chi connectivity index (χ2v) is 6.82. The lowest BCUT2D eigenvalue weighted by Crippen LogP contribution is -1.91. The molecular weight excluding hydrogens is 488 g/mol. The molecule has 0 amide bonds. The van der Waals surface area contributed by atoms with Crippen molar-refractivity contribution in [2.75, 3.05) is 0 Å². The predicted molar refractivity (Wildman–Crippen MR) is 92.5 cm³/mol. The molecule has 0 bridgehead atoms. The fourth-order valence-corrected chi connectivity index (χ4v) is 3.62. The molecule has 0 saturated heterocycles. The van der Waals surface area contributed by atoms with Gasteiger partial charge in [-0.1, -0.05) is 75.9 Å². The summed E-state index contributed by atoms with van der Waals surface area (Å²) in [6.45, 7) is 0. The molecule has 94 valence electrons. The summed E-state index contributed by atoms with van der Waals surface area (Å²) in [6.07, 6.45) is 0. The van der Waals surface area contributed by atoms with Crippen LogP contribution in [0.2, 0.25) is 0 Å². The molecular formula is C14H10Br4. The van der Waals surface area contributed by atoms with Crippen molar-refractivity contribution in [2.45, 2.75) is 10.7 Å². The zero-order valence-corrected chi connectivity index (χ0v) is 15.7. The largest absolute Gasteiger partial charge is 0.0876 e. The van der Waals surface area contributed by atoms with Crippen molar-refractivity contribution in [1.82, 2.24) is 0 Å². The molecule has 2 aromatic rings. The van der Waals surface area contributed by atoms with Gasteiger partial charge in [0.05, 0.1) is 0 Å². The first-order valence-electron chi connectivity index (χ1n) is 5.35. The number of hydrogen-bond acceptors (Lipinski definition) is 0. The van der Waals surface area contributed by atoms with Crippen molar-refractivity contribution in [3.8, 4) is 11.1 Å². The molecule has 0 atom stereocenters. The molecule has 18 heavy (non-hydrogen) atoms. The minimum absolute atomic E-state index is 0.847. The van der Waals surface area contributed by atoms with Crippen molar-refractivity contribution in [3.63, 3.8) is 0 Å². The Kier molecular flexibility index (Phi) is 5.48. The summed E-state index contributed by atoms with van der Waals surface area (Å²) < 4.78 is 2.22. The molecule has 0 aromatic heterocycles. The van der Waals surface area contributed by atoms with Gasteiger partial charge in [0.25, 0.3) is 0 Å². The minimum Gasteiger partial charge on any atom is -0.0876 e. The lowest BCUT2D eigenvalue weighted by molar-refractivity contribution is 1.36. The molecule has 0 fully saturated rings. The molecule has 0 spiro atoms. The summed E-state index contributed by atoms with van der Waals surface area (Å²) in [4.78, 5) is 0. The Morgan fingerprint density at radius 2 is 1.06 bits per heavy atom. The van der Waals surface area contributed by atoms with E-state index in [1.54, 1.807) is 0 Å². The Labute approximate surface area is 141 Å². The molecule has 0 radical (unpaired) electrons. The van der Waals surface area contributed by atoms with Crippen LogP contribution in [0.1, 0.15) is 11.1 Å². The molecule has 0 unspecified atom stereocenters. The maximum Gasteiger partial charge on any atom is 0.0289 e. The van der Waals surface area contributed by atoms with E-state index in [0.29, 0.717) is 0 Å². The van der Waals surface area contributed by atoms with Gasteiger partial charge >= 0.3 is 0 Å². The molecule has 2 rings (SSSR count). The van der Waals surface area contributed by atoms with Crippen LogP contribution < -0.4 is 0 Å². The number of alkyl halides is 2. The summed E-state index contributed by atoms with van der Waals surface area (Å²) in [6, 6.07) is 12.8. The van der Waals surface area contributed by atoms with Crippen molar-refractivity contribution in [1.29, 1.82) is 0 Å². The third-order valence-electron chi connectivity index (χ3n) is 2.71. The molecule has 4 heteroatoms. The fraction of sp³-hybridized carbons (Fsp3) is 0.143. The van der Waals surface area contributed by atoms with E-state index in [0.717, 1.165) is 19.6 Å². The van der Waals surface area contributed by atoms with Gasteiger partial charge < -0.3 is 0 Å². The van der Waals surface area contributed by atoms with Gasteiger partial charge in [0.1, 0.15) is 0 Å². The monoisotopic (exact) mass is 494 g/mol. The van der Waals surface area contributed by atoms with Crippen LogP contribution in [0, 0.1) is 0 Å². The van der Waals surface area contributed by atoms with Gasteiger partial charge in [-0.15, -0.1) is 0 Å². The number of halogens is 4. The summed E-state index contributed by atoms with van der Waals surface area (Å²) in [7, 11) is 0. The summed E-state index contributed by atoms with van der Waals surface area (Å²) in [5.41, 5.74) is 5.12. The lowest BCUT2D eigenvalue weighted by Gasteiger charge is -2.12. The Bertz CT molecular complexity index is 512. The van der Waals surface area contributed by atoms with E-state index >= 15 is 0 Å². The van der Waals surface area contributed by atoms with E-state index in [4.69, 9.17) is 0 Å². The summed E-state index contributed by atoms with van der Waals surface area (Å²) >= 11 is 14.2. The van der Waals surface area contributed by atoms with Gasteiger partial charge in [0.15, 0.2) is 0 Å². The van der Waals surface area contributed by atoms with Crippen molar-refractivity contribution in [2.24, 2.45) is 0 Å². The highest BCUT2D eigenvalue weighted by Crippen LogP contribution is 2.33. The third kappa shape index (κ3) is 3.27. The highest BCUT2D eigenvalue weighted by atomic mass is 79.9. The van der Waals surface area contributed by atoms with Gasteiger partial charge in [-0.2, -0.15) is 0 Å². The number of rotatable bonds is 3. The van der Waals surface area contributed by atoms with Crippen LogP contribution in [0.15, 0.2) is 45.3 Å². The maximum absolute atomic E-state index is 3.56. The van der Waals surface area contributed by atoms with Crippen LogP contribution in [0.25, 0.3) is 11.1 Å². The summed E-state index contributed by atoms with van der Waals surface area (Å²) in [5.74, 6) is 0. The molecule has 0 aliphatic heterocycles. The predicted octanol–water partition coefficient (Wildman–Crippen LogP) is 6.67. The van der Waals surface area contributed by atoms with Gasteiger partial charge in [0, 0.05) is 19.6 Å². The highest BCUT2D eigenvalue weighted by molar-refractivity contribution is 9.11. The molecule has 0 heterocycles. The van der Waals surface area contributed by atoms with E-state index in [2.05, 4.69) is 100 Å². The van der Waals surface area contributed by atoms with Gasteiger partial charge in [-0.05, 0) is 46.5 Å². The SMILES string of the molecule is BrCc1cc(Br)ccc1-c1ccc(Br)cc1CBr. The van der Waals surface area contributed by atoms with E-state index in [9.17, 15) is 0 Å². The van der Waals surface area contributed by atoms with E-state index in [1.807, 2.05) is 0 Å². The quantitative estimate of drug-likeness (QED) is 0.416. The van der Waals surface area contributed by atoms with Gasteiger partial charge in [-0.25, -0.2) is 0 Å². The second kappa shape index (κ2) is 6.69. The topological polar surface area (TPSA) is 0 Å². The zero-order valence-electron chi connectivity index (χ0n) is 9.39. The Morgan fingerprint density at radius 1 is 0.667 bits per heavy atom. The third-order valence-corrected chi connectivity index (χ3v) is 4.91. The molecule has 0 aliphatic rings. The minimum atomic E-state index is 0.847. The smallest absolute Gasteiger partial charge is 0.0289 e. The van der Waals surface area contributed by atoms with E-state index in [1.165, 1.54) is 22.3 Å². The zero-order chi connectivity index (χ0) is 13.1. The van der Waals surface area contributed by atoms with Crippen LogP contribution in [0.3, 0.4) is 0 Å². The average molecular weight is 498 g/mol.